The zero-order chi connectivity index (χ0) is 25.4. The molecule has 188 valence electrons. The van der Waals surface area contributed by atoms with E-state index >= 15 is 0 Å². The van der Waals surface area contributed by atoms with Gasteiger partial charge in [0.05, 0.1) is 37.7 Å². The van der Waals surface area contributed by atoms with Crippen LogP contribution in [0.5, 0.6) is 0 Å². The van der Waals surface area contributed by atoms with Gasteiger partial charge in [0, 0.05) is 19.3 Å². The van der Waals surface area contributed by atoms with E-state index in [2.05, 4.69) is 4.98 Å². The van der Waals surface area contributed by atoms with Gasteiger partial charge >= 0.3 is 0 Å². The number of benzene rings is 1. The summed E-state index contributed by atoms with van der Waals surface area (Å²) in [6.45, 7) is 2.63. The number of carbonyl (C=O) groups excluding carboxylic acids is 1. The Bertz CT molecular complexity index is 1480. The molecule has 1 unspecified atom stereocenters. The highest BCUT2D eigenvalue weighted by molar-refractivity contribution is 7.91. The molecule has 0 N–H and O–H groups in total. The molecule has 1 atom stereocenters. The number of thiophene rings is 1. The summed E-state index contributed by atoms with van der Waals surface area (Å²) in [6.07, 6.45) is 2.84. The van der Waals surface area contributed by atoms with Gasteiger partial charge in [-0.05, 0) is 55.7 Å². The summed E-state index contributed by atoms with van der Waals surface area (Å²) in [4.78, 5) is 24.7. The molecule has 0 aliphatic carbocycles. The second kappa shape index (κ2) is 10.4. The molecular formula is C24H22Cl2N4O3S3. The molecule has 12 heteroatoms. The normalized spacial score (nSPS) is 16.9. The van der Waals surface area contributed by atoms with Crippen molar-refractivity contribution in [1.82, 2.24) is 14.3 Å². The van der Waals surface area contributed by atoms with E-state index in [9.17, 15) is 13.2 Å². The first-order valence-corrected chi connectivity index (χ1v) is 15.1. The SMILES string of the molecule is Cc1ccc(Cl)c2sc(N(Cc3ccccn3)C(=O)C3CCCN(S(=O)(=O)c4ccc(Cl)s4)C3)nc12. The first kappa shape index (κ1) is 25.6. The van der Waals surface area contributed by atoms with Crippen molar-refractivity contribution in [2.45, 2.75) is 30.5 Å². The average molecular weight is 582 g/mol. The number of aromatic nitrogens is 2. The van der Waals surface area contributed by atoms with E-state index in [1.54, 1.807) is 17.2 Å². The van der Waals surface area contributed by atoms with Crippen molar-refractivity contribution in [2.24, 2.45) is 5.92 Å². The van der Waals surface area contributed by atoms with Gasteiger partial charge in [-0.1, -0.05) is 46.7 Å². The van der Waals surface area contributed by atoms with E-state index in [0.29, 0.717) is 39.6 Å². The summed E-state index contributed by atoms with van der Waals surface area (Å²) in [6, 6.07) is 12.3. The highest BCUT2D eigenvalue weighted by Gasteiger charge is 2.37. The minimum atomic E-state index is -3.73. The summed E-state index contributed by atoms with van der Waals surface area (Å²) >= 11 is 14.8. The van der Waals surface area contributed by atoms with Crippen LogP contribution in [0.4, 0.5) is 5.13 Å². The van der Waals surface area contributed by atoms with Gasteiger partial charge in [0.25, 0.3) is 10.0 Å². The lowest BCUT2D eigenvalue weighted by Gasteiger charge is -2.33. The number of hydrogen-bond donors (Lipinski definition) is 0. The number of hydrogen-bond acceptors (Lipinski definition) is 7. The lowest BCUT2D eigenvalue weighted by Crippen LogP contribution is -2.46. The molecular weight excluding hydrogens is 559 g/mol. The Morgan fingerprint density at radius 1 is 1.17 bits per heavy atom. The fourth-order valence-corrected chi connectivity index (χ4v) is 8.73. The number of carbonyl (C=O) groups is 1. The predicted molar refractivity (Wildman–Crippen MR) is 146 cm³/mol. The van der Waals surface area contributed by atoms with E-state index in [1.165, 1.54) is 21.7 Å². The number of amides is 1. The van der Waals surface area contributed by atoms with Crippen LogP contribution >= 0.6 is 45.9 Å². The molecule has 1 fully saturated rings. The van der Waals surface area contributed by atoms with Gasteiger partial charge in [-0.25, -0.2) is 13.4 Å². The average Bonchev–Trinajstić information content (AvgIpc) is 3.53. The Labute approximate surface area is 227 Å². The number of sulfonamides is 1. The largest absolute Gasteiger partial charge is 0.282 e. The van der Waals surface area contributed by atoms with Crippen LogP contribution in [0, 0.1) is 12.8 Å². The lowest BCUT2D eigenvalue weighted by atomic mass is 9.98. The number of fused-ring (bicyclic) bond motifs is 1. The second-order valence-corrected chi connectivity index (χ2v) is 13.8. The van der Waals surface area contributed by atoms with Crippen LogP contribution in [0.3, 0.4) is 0 Å². The molecule has 1 aliphatic heterocycles. The van der Waals surface area contributed by atoms with Crippen molar-refractivity contribution in [3.05, 3.63) is 69.3 Å². The van der Waals surface area contributed by atoms with E-state index in [-0.39, 0.29) is 23.2 Å². The van der Waals surface area contributed by atoms with Crippen molar-refractivity contribution in [2.75, 3.05) is 18.0 Å². The van der Waals surface area contributed by atoms with Crippen LogP contribution in [0.15, 0.2) is 52.9 Å². The first-order chi connectivity index (χ1) is 17.2. The van der Waals surface area contributed by atoms with Crippen molar-refractivity contribution in [3.63, 3.8) is 0 Å². The van der Waals surface area contributed by atoms with Gasteiger partial charge in [-0.2, -0.15) is 4.31 Å². The number of aryl methyl sites for hydroxylation is 1. The Morgan fingerprint density at radius 3 is 2.69 bits per heavy atom. The first-order valence-electron chi connectivity index (χ1n) is 11.3. The van der Waals surface area contributed by atoms with Gasteiger partial charge in [0.1, 0.15) is 4.21 Å². The van der Waals surface area contributed by atoms with Gasteiger partial charge in [0.15, 0.2) is 5.13 Å². The van der Waals surface area contributed by atoms with Crippen LogP contribution in [0.25, 0.3) is 10.2 Å². The Balaban J connectivity index is 1.48. The maximum absolute atomic E-state index is 14.0. The molecule has 0 spiro atoms. The maximum Gasteiger partial charge on any atom is 0.252 e. The third kappa shape index (κ3) is 5.03. The maximum atomic E-state index is 14.0. The van der Waals surface area contributed by atoms with Crippen LogP contribution in [-0.4, -0.2) is 41.7 Å². The number of rotatable bonds is 6. The lowest BCUT2D eigenvalue weighted by molar-refractivity contribution is -0.123. The number of halogens is 2. The highest BCUT2D eigenvalue weighted by Crippen LogP contribution is 2.37. The number of thiazole rings is 1. The van der Waals surface area contributed by atoms with Crippen LogP contribution in [-0.2, 0) is 21.4 Å². The topological polar surface area (TPSA) is 83.5 Å². The summed E-state index contributed by atoms with van der Waals surface area (Å²) < 4.78 is 29.2. The fraction of sp³-hybridized carbons (Fsp3) is 0.292. The standard InChI is InChI=1S/C24H22Cl2N4O3S3/c1-15-7-8-18(25)22-21(15)28-24(35-22)30(14-17-6-2-3-11-27-17)23(31)16-5-4-12-29(13-16)36(32,33)20-10-9-19(26)34-20/h2-3,6-11,16H,4-5,12-14H2,1H3. The van der Waals surface area contributed by atoms with Crippen molar-refractivity contribution in [1.29, 1.82) is 0 Å². The van der Waals surface area contributed by atoms with Crippen molar-refractivity contribution in [3.8, 4) is 0 Å². The van der Waals surface area contributed by atoms with Gasteiger partial charge in [-0.15, -0.1) is 11.3 Å². The third-order valence-corrected chi connectivity index (χ3v) is 11.2. The minimum Gasteiger partial charge on any atom is -0.282 e. The number of pyridine rings is 1. The van der Waals surface area contributed by atoms with Crippen LogP contribution in [0.2, 0.25) is 9.36 Å². The van der Waals surface area contributed by atoms with Crippen molar-refractivity contribution >= 4 is 77.2 Å². The summed E-state index contributed by atoms with van der Waals surface area (Å²) in [7, 11) is -3.73. The number of piperidine rings is 1. The molecule has 0 saturated carbocycles. The van der Waals surface area contributed by atoms with E-state index in [1.807, 2.05) is 37.3 Å². The second-order valence-electron chi connectivity index (χ2n) is 8.54. The Kier molecular flexibility index (Phi) is 7.35. The molecule has 3 aromatic heterocycles. The van der Waals surface area contributed by atoms with E-state index in [4.69, 9.17) is 28.2 Å². The molecule has 0 radical (unpaired) electrons. The quantitative estimate of drug-likeness (QED) is 0.279. The van der Waals surface area contributed by atoms with Crippen LogP contribution < -0.4 is 4.90 Å². The molecule has 1 aromatic carbocycles. The Morgan fingerprint density at radius 2 is 2.00 bits per heavy atom. The zero-order valence-corrected chi connectivity index (χ0v) is 23.2. The minimum absolute atomic E-state index is 0.0973. The summed E-state index contributed by atoms with van der Waals surface area (Å²) in [5, 5.41) is 1.09. The number of anilines is 1. The number of nitrogens with zero attached hydrogens (tertiary/aromatic N) is 4. The van der Waals surface area contributed by atoms with Gasteiger partial charge < -0.3 is 0 Å². The molecule has 36 heavy (non-hydrogen) atoms. The van der Waals surface area contributed by atoms with Gasteiger partial charge in [0.2, 0.25) is 5.91 Å². The molecule has 5 rings (SSSR count). The van der Waals surface area contributed by atoms with Gasteiger partial charge in [-0.3, -0.25) is 14.7 Å². The molecule has 7 nitrogen and oxygen atoms in total. The monoisotopic (exact) mass is 580 g/mol. The van der Waals surface area contributed by atoms with E-state index < -0.39 is 15.9 Å². The van der Waals surface area contributed by atoms with Crippen LogP contribution in [0.1, 0.15) is 24.1 Å². The smallest absolute Gasteiger partial charge is 0.252 e. The summed E-state index contributed by atoms with van der Waals surface area (Å²) in [5.74, 6) is -0.700. The molecule has 1 saturated heterocycles. The third-order valence-electron chi connectivity index (χ3n) is 6.11. The Hall–Kier alpha value is -2.08. The molecule has 1 aliphatic rings. The summed E-state index contributed by atoms with van der Waals surface area (Å²) in [5.41, 5.74) is 2.43. The molecule has 0 bridgehead atoms. The predicted octanol–water partition coefficient (Wildman–Crippen LogP) is 6.00. The fourth-order valence-electron chi connectivity index (χ4n) is 4.25. The molecule has 1 amide bonds. The highest BCUT2D eigenvalue weighted by atomic mass is 35.5. The molecule has 4 aromatic rings. The van der Waals surface area contributed by atoms with E-state index in [0.717, 1.165) is 27.1 Å². The van der Waals surface area contributed by atoms with Crippen molar-refractivity contribution < 1.29 is 13.2 Å². The zero-order valence-electron chi connectivity index (χ0n) is 19.2. The molecule has 4 heterocycles.